The summed E-state index contributed by atoms with van der Waals surface area (Å²) in [7, 11) is 0. The molecule has 0 aliphatic heterocycles. The molecule has 0 saturated heterocycles. The third kappa shape index (κ3) is 6.15. The van der Waals surface area contributed by atoms with Crippen LogP contribution in [0.1, 0.15) is 0 Å². The monoisotopic (exact) mass is 752 g/mol. The average Bonchev–Trinajstić information content (AvgIpc) is 3.68. The van der Waals surface area contributed by atoms with E-state index < -0.39 is 0 Å². The van der Waals surface area contributed by atoms with Gasteiger partial charge in [-0.1, -0.05) is 188 Å². The van der Waals surface area contributed by atoms with Gasteiger partial charge < -0.3 is 4.57 Å². The largest absolute Gasteiger partial charge is 0.307 e. The number of nitrogens with zero attached hydrogens (tertiary/aromatic N) is 4. The molecule has 3 aromatic heterocycles. The summed E-state index contributed by atoms with van der Waals surface area (Å²) in [6, 6.07) is 76.6. The second-order valence-electron chi connectivity index (χ2n) is 14.8. The number of aromatic nitrogens is 4. The van der Waals surface area contributed by atoms with Gasteiger partial charge in [0.25, 0.3) is 0 Å². The fourth-order valence-corrected chi connectivity index (χ4v) is 8.40. The predicted octanol–water partition coefficient (Wildman–Crippen LogP) is 14.1. The second kappa shape index (κ2) is 14.5. The van der Waals surface area contributed by atoms with Gasteiger partial charge in [-0.3, -0.25) is 0 Å². The number of hydrogen-bond donors (Lipinski definition) is 0. The predicted molar refractivity (Wildman–Crippen MR) is 244 cm³/mol. The van der Waals surface area contributed by atoms with Crippen molar-refractivity contribution in [3.8, 4) is 73.1 Å². The van der Waals surface area contributed by atoms with Crippen LogP contribution in [0, 0.1) is 0 Å². The van der Waals surface area contributed by atoms with Gasteiger partial charge in [-0.2, -0.15) is 0 Å². The van der Waals surface area contributed by atoms with Crippen molar-refractivity contribution in [3.63, 3.8) is 0 Å². The maximum Gasteiger partial charge on any atom is 0.161 e. The molecule has 11 rings (SSSR count). The molecular weight excluding hydrogens is 717 g/mol. The fraction of sp³-hybridized carbons (Fsp3) is 0. The first-order valence-electron chi connectivity index (χ1n) is 19.9. The van der Waals surface area contributed by atoms with Crippen LogP contribution in [0.15, 0.2) is 218 Å². The van der Waals surface area contributed by atoms with Gasteiger partial charge in [0.05, 0.1) is 33.6 Å². The number of rotatable bonds is 7. The molecule has 0 unspecified atom stereocenters. The van der Waals surface area contributed by atoms with Gasteiger partial charge in [-0.25, -0.2) is 15.0 Å². The van der Waals surface area contributed by atoms with Crippen LogP contribution >= 0.6 is 0 Å². The molecule has 8 aromatic carbocycles. The number of para-hydroxylation sites is 3. The minimum atomic E-state index is 0.637. The van der Waals surface area contributed by atoms with Crippen molar-refractivity contribution in [2.75, 3.05) is 0 Å². The zero-order valence-corrected chi connectivity index (χ0v) is 32.1. The molecule has 0 radical (unpaired) electrons. The van der Waals surface area contributed by atoms with Crippen LogP contribution in [0.25, 0.3) is 106 Å². The highest BCUT2D eigenvalue weighted by atomic mass is 15.0. The Bertz CT molecular complexity index is 3180. The molecule has 0 N–H and O–H groups in total. The molecule has 59 heavy (non-hydrogen) atoms. The van der Waals surface area contributed by atoms with Crippen molar-refractivity contribution in [2.45, 2.75) is 0 Å². The van der Waals surface area contributed by atoms with E-state index in [0.29, 0.717) is 5.82 Å². The van der Waals surface area contributed by atoms with E-state index in [1.807, 2.05) is 12.1 Å². The Morgan fingerprint density at radius 3 is 1.41 bits per heavy atom. The van der Waals surface area contributed by atoms with E-state index >= 15 is 0 Å². The van der Waals surface area contributed by atoms with Crippen LogP contribution < -0.4 is 0 Å². The third-order valence-electron chi connectivity index (χ3n) is 11.2. The molecule has 276 valence electrons. The molecule has 0 bridgehead atoms. The van der Waals surface area contributed by atoms with E-state index in [1.165, 1.54) is 21.9 Å². The summed E-state index contributed by atoms with van der Waals surface area (Å²) in [5.41, 5.74) is 15.3. The van der Waals surface area contributed by atoms with Gasteiger partial charge in [0, 0.05) is 44.1 Å². The minimum absolute atomic E-state index is 0.637. The Balaban J connectivity index is 1.15. The lowest BCUT2D eigenvalue weighted by atomic mass is 9.98. The number of benzene rings is 8. The molecule has 0 fully saturated rings. The number of hydrogen-bond acceptors (Lipinski definition) is 3. The second-order valence-corrected chi connectivity index (χ2v) is 14.8. The van der Waals surface area contributed by atoms with Crippen molar-refractivity contribution < 1.29 is 0 Å². The van der Waals surface area contributed by atoms with E-state index in [4.69, 9.17) is 15.0 Å². The third-order valence-corrected chi connectivity index (χ3v) is 11.2. The first kappa shape index (κ1) is 34.3. The highest BCUT2D eigenvalue weighted by Crippen LogP contribution is 2.43. The first-order valence-corrected chi connectivity index (χ1v) is 19.9. The van der Waals surface area contributed by atoms with Crippen LogP contribution in [0.4, 0.5) is 0 Å². The van der Waals surface area contributed by atoms with Gasteiger partial charge in [-0.15, -0.1) is 0 Å². The zero-order valence-electron chi connectivity index (χ0n) is 32.1. The highest BCUT2D eigenvalue weighted by Gasteiger charge is 2.23. The van der Waals surface area contributed by atoms with Crippen LogP contribution in [0.5, 0.6) is 0 Å². The van der Waals surface area contributed by atoms with Gasteiger partial charge >= 0.3 is 0 Å². The lowest BCUT2D eigenvalue weighted by molar-refractivity contribution is 1.17. The number of fused-ring (bicyclic) bond motifs is 5. The Morgan fingerprint density at radius 2 is 0.797 bits per heavy atom. The van der Waals surface area contributed by atoms with Gasteiger partial charge in [-0.05, 0) is 52.6 Å². The van der Waals surface area contributed by atoms with E-state index in [9.17, 15) is 0 Å². The Hall–Kier alpha value is -7.95. The first-order chi connectivity index (χ1) is 29.3. The lowest BCUT2D eigenvalue weighted by Gasteiger charge is -2.16. The summed E-state index contributed by atoms with van der Waals surface area (Å²) < 4.78 is 2.36. The van der Waals surface area contributed by atoms with Crippen LogP contribution in [0.3, 0.4) is 0 Å². The molecule has 0 aliphatic rings. The Kier molecular flexibility index (Phi) is 8.45. The van der Waals surface area contributed by atoms with Crippen molar-refractivity contribution in [1.29, 1.82) is 0 Å². The van der Waals surface area contributed by atoms with E-state index in [2.05, 4.69) is 211 Å². The van der Waals surface area contributed by atoms with Crippen molar-refractivity contribution >= 4 is 32.7 Å². The molecule has 4 nitrogen and oxygen atoms in total. The SMILES string of the molecule is c1ccc(-c2ccc(-c3cc(-c4ccc(-c5ccccc5)cc4)nc(-c4ccccc4-c4nc5ccccc5c5c6ccccc6n(-c6ccccc6)c45)n3)cc2)cc1. The summed E-state index contributed by atoms with van der Waals surface area (Å²) in [5, 5.41) is 3.47. The molecule has 0 amide bonds. The molecule has 0 spiro atoms. The highest BCUT2D eigenvalue weighted by molar-refractivity contribution is 6.23. The smallest absolute Gasteiger partial charge is 0.161 e. The Labute approximate surface area is 342 Å². The van der Waals surface area contributed by atoms with E-state index in [-0.39, 0.29) is 0 Å². The van der Waals surface area contributed by atoms with Gasteiger partial charge in [0.1, 0.15) is 0 Å². The molecule has 0 saturated carbocycles. The molecule has 11 aromatic rings. The summed E-state index contributed by atoms with van der Waals surface area (Å²) in [6.07, 6.45) is 0. The minimum Gasteiger partial charge on any atom is -0.307 e. The molecular formula is C55H36N4. The van der Waals surface area contributed by atoms with Crippen molar-refractivity contribution in [1.82, 2.24) is 19.5 Å². The molecule has 4 heteroatoms. The molecule has 0 atom stereocenters. The van der Waals surface area contributed by atoms with Crippen LogP contribution in [-0.4, -0.2) is 19.5 Å². The number of pyridine rings is 1. The van der Waals surface area contributed by atoms with E-state index in [1.54, 1.807) is 0 Å². The van der Waals surface area contributed by atoms with Crippen molar-refractivity contribution in [2.24, 2.45) is 0 Å². The lowest BCUT2D eigenvalue weighted by Crippen LogP contribution is -2.00. The maximum absolute atomic E-state index is 5.50. The molecule has 3 heterocycles. The summed E-state index contributed by atoms with van der Waals surface area (Å²) in [4.78, 5) is 16.2. The summed E-state index contributed by atoms with van der Waals surface area (Å²) in [5.74, 6) is 0.637. The van der Waals surface area contributed by atoms with Crippen LogP contribution in [-0.2, 0) is 0 Å². The topological polar surface area (TPSA) is 43.6 Å². The Morgan fingerprint density at radius 1 is 0.339 bits per heavy atom. The van der Waals surface area contributed by atoms with Gasteiger partial charge in [0.15, 0.2) is 5.82 Å². The fourth-order valence-electron chi connectivity index (χ4n) is 8.40. The van der Waals surface area contributed by atoms with Gasteiger partial charge in [0.2, 0.25) is 0 Å². The normalized spacial score (nSPS) is 11.4. The summed E-state index contributed by atoms with van der Waals surface area (Å²) >= 11 is 0. The van der Waals surface area contributed by atoms with Crippen molar-refractivity contribution in [3.05, 3.63) is 218 Å². The van der Waals surface area contributed by atoms with Crippen LogP contribution in [0.2, 0.25) is 0 Å². The molecule has 0 aliphatic carbocycles. The summed E-state index contributed by atoms with van der Waals surface area (Å²) in [6.45, 7) is 0. The average molecular weight is 753 g/mol. The van der Waals surface area contributed by atoms with E-state index in [0.717, 1.165) is 78.1 Å². The maximum atomic E-state index is 5.50. The quantitative estimate of drug-likeness (QED) is 0.163. The zero-order chi connectivity index (χ0) is 39.1. The standard InChI is InChI=1S/C55H36N4/c1-4-16-37(17-5-1)39-28-32-41(33-29-39)49-36-50(42-34-30-40(31-35-42)38-18-6-2-7-19-38)58-55(57-49)45-23-11-10-22-44(45)53-54-52(46-24-12-14-26-48(46)56-53)47-25-13-15-27-51(47)59(54)43-20-8-3-9-21-43/h1-36H.